The van der Waals surface area contributed by atoms with E-state index >= 15 is 0 Å². The number of amides is 1. The van der Waals surface area contributed by atoms with E-state index in [0.717, 1.165) is 35.2 Å². The van der Waals surface area contributed by atoms with Crippen LogP contribution in [-0.2, 0) is 22.4 Å². The van der Waals surface area contributed by atoms with Gasteiger partial charge in [-0.2, -0.15) is 5.26 Å². The highest BCUT2D eigenvalue weighted by molar-refractivity contribution is 5.78. The fraction of sp³-hybridized carbons (Fsp3) is 0.333. The van der Waals surface area contributed by atoms with Crippen LogP contribution in [0.5, 0.6) is 5.75 Å². The van der Waals surface area contributed by atoms with E-state index in [1.165, 1.54) is 0 Å². The van der Waals surface area contributed by atoms with Crippen LogP contribution < -0.4 is 10.1 Å². The van der Waals surface area contributed by atoms with Gasteiger partial charge in [0.25, 0.3) is 0 Å². The van der Waals surface area contributed by atoms with E-state index in [9.17, 15) is 10.1 Å². The van der Waals surface area contributed by atoms with Crippen LogP contribution in [0.2, 0.25) is 0 Å². The van der Waals surface area contributed by atoms with Gasteiger partial charge in [-0.05, 0) is 35.4 Å². The van der Waals surface area contributed by atoms with Crippen molar-refractivity contribution in [3.05, 3.63) is 77.2 Å². The second kappa shape index (κ2) is 12.1. The molecule has 2 heterocycles. The van der Waals surface area contributed by atoms with E-state index in [2.05, 4.69) is 16.4 Å². The van der Waals surface area contributed by atoms with Crippen molar-refractivity contribution in [1.82, 2.24) is 15.3 Å². The molecule has 1 amide bonds. The van der Waals surface area contributed by atoms with Crippen LogP contribution in [0.1, 0.15) is 35.4 Å². The molecular weight excluding hydrogens is 444 g/mol. The molecule has 0 saturated carbocycles. The standard InChI is InChI=1S/C27H28N4O4/c28-18-22-17-21(4-5-25(22)35-23-7-12-34-13-8-23)24-6-9-29-26(31-24)15-19-2-1-3-20(14-19)16-27(33)30-10-11-32/h1-6,9,14,17,23,32H,7-8,10-13,15-16H2,(H,30,33). The molecule has 2 N–H and O–H groups in total. The Hall–Kier alpha value is -3.80. The van der Waals surface area contributed by atoms with Crippen LogP contribution >= 0.6 is 0 Å². The molecule has 4 rings (SSSR count). The molecule has 35 heavy (non-hydrogen) atoms. The number of benzene rings is 2. The highest BCUT2D eigenvalue weighted by Crippen LogP contribution is 2.27. The maximum atomic E-state index is 11.9. The number of nitrogens with one attached hydrogen (secondary N) is 1. The molecule has 0 bridgehead atoms. The lowest BCUT2D eigenvalue weighted by Gasteiger charge is -2.23. The maximum absolute atomic E-state index is 11.9. The third-order valence-electron chi connectivity index (χ3n) is 5.72. The number of nitrogens with zero attached hydrogens (tertiary/aromatic N) is 3. The van der Waals surface area contributed by atoms with Crippen molar-refractivity contribution >= 4 is 5.91 Å². The first kappa shape index (κ1) is 24.3. The Kier molecular flexibility index (Phi) is 8.39. The minimum atomic E-state index is -0.132. The molecule has 180 valence electrons. The summed E-state index contributed by atoms with van der Waals surface area (Å²) in [5.74, 6) is 1.09. The quantitative estimate of drug-likeness (QED) is 0.492. The van der Waals surface area contributed by atoms with E-state index < -0.39 is 0 Å². The number of rotatable bonds is 9. The molecule has 0 aliphatic carbocycles. The molecule has 1 saturated heterocycles. The highest BCUT2D eigenvalue weighted by atomic mass is 16.5. The third-order valence-corrected chi connectivity index (χ3v) is 5.72. The van der Waals surface area contributed by atoms with Gasteiger partial charge in [-0.25, -0.2) is 9.97 Å². The van der Waals surface area contributed by atoms with Gasteiger partial charge >= 0.3 is 0 Å². The average Bonchev–Trinajstić information content (AvgIpc) is 2.88. The SMILES string of the molecule is N#Cc1cc(-c2ccnc(Cc3cccc(CC(=O)NCCO)c3)n2)ccc1OC1CCOCC1. The number of carbonyl (C=O) groups is 1. The second-order valence-corrected chi connectivity index (χ2v) is 8.36. The maximum Gasteiger partial charge on any atom is 0.224 e. The monoisotopic (exact) mass is 472 g/mol. The van der Waals surface area contributed by atoms with Crippen LogP contribution in [-0.4, -0.2) is 53.5 Å². The van der Waals surface area contributed by atoms with Crippen molar-refractivity contribution in [3.8, 4) is 23.1 Å². The van der Waals surface area contributed by atoms with Gasteiger partial charge in [-0.1, -0.05) is 24.3 Å². The predicted molar refractivity (Wildman–Crippen MR) is 130 cm³/mol. The summed E-state index contributed by atoms with van der Waals surface area (Å²) < 4.78 is 11.4. The molecular formula is C27H28N4O4. The summed E-state index contributed by atoms with van der Waals surface area (Å²) in [4.78, 5) is 21.1. The molecule has 0 spiro atoms. The third kappa shape index (κ3) is 6.85. The second-order valence-electron chi connectivity index (χ2n) is 8.36. The van der Waals surface area contributed by atoms with Gasteiger partial charge in [0.05, 0.1) is 37.5 Å². The van der Waals surface area contributed by atoms with Crippen molar-refractivity contribution in [3.63, 3.8) is 0 Å². The van der Waals surface area contributed by atoms with Gasteiger partial charge in [0.1, 0.15) is 23.7 Å². The molecule has 1 aromatic heterocycles. The predicted octanol–water partition coefficient (Wildman–Crippen LogP) is 2.81. The summed E-state index contributed by atoms with van der Waals surface area (Å²) in [5.41, 5.74) is 3.89. The van der Waals surface area contributed by atoms with Gasteiger partial charge in [0.2, 0.25) is 5.91 Å². The van der Waals surface area contributed by atoms with Gasteiger partial charge in [0, 0.05) is 37.6 Å². The van der Waals surface area contributed by atoms with Crippen molar-refractivity contribution in [1.29, 1.82) is 5.26 Å². The fourth-order valence-electron chi connectivity index (χ4n) is 3.97. The molecule has 0 radical (unpaired) electrons. The minimum absolute atomic E-state index is 0.0591. The fourth-order valence-corrected chi connectivity index (χ4v) is 3.97. The molecule has 1 aliphatic heterocycles. The number of ether oxygens (including phenoxy) is 2. The molecule has 1 aliphatic rings. The summed E-state index contributed by atoms with van der Waals surface area (Å²) in [5, 5.41) is 21.2. The molecule has 8 heteroatoms. The first-order chi connectivity index (χ1) is 17.1. The lowest BCUT2D eigenvalue weighted by atomic mass is 10.0. The lowest BCUT2D eigenvalue weighted by molar-refractivity contribution is -0.120. The summed E-state index contributed by atoms with van der Waals surface area (Å²) in [6, 6.07) is 17.3. The van der Waals surface area contributed by atoms with Gasteiger partial charge in [0.15, 0.2) is 0 Å². The van der Waals surface area contributed by atoms with Crippen LogP contribution in [0.15, 0.2) is 54.7 Å². The zero-order valence-corrected chi connectivity index (χ0v) is 19.4. The normalized spacial score (nSPS) is 13.7. The number of aromatic nitrogens is 2. The van der Waals surface area contributed by atoms with Crippen molar-refractivity contribution in [2.75, 3.05) is 26.4 Å². The lowest BCUT2D eigenvalue weighted by Crippen LogP contribution is -2.27. The average molecular weight is 473 g/mol. The molecule has 2 aromatic carbocycles. The Morgan fingerprint density at radius 1 is 1.17 bits per heavy atom. The largest absolute Gasteiger partial charge is 0.489 e. The van der Waals surface area contributed by atoms with Gasteiger partial charge in [-0.15, -0.1) is 0 Å². The smallest absolute Gasteiger partial charge is 0.224 e. The zero-order chi connectivity index (χ0) is 24.5. The van der Waals surface area contributed by atoms with Crippen molar-refractivity contribution < 1.29 is 19.4 Å². The Morgan fingerprint density at radius 2 is 2.00 bits per heavy atom. The van der Waals surface area contributed by atoms with E-state index in [0.29, 0.717) is 36.8 Å². The Morgan fingerprint density at radius 3 is 2.80 bits per heavy atom. The summed E-state index contributed by atoms with van der Waals surface area (Å²) >= 11 is 0. The Balaban J connectivity index is 1.47. The topological polar surface area (TPSA) is 117 Å². The van der Waals surface area contributed by atoms with E-state index in [4.69, 9.17) is 19.6 Å². The zero-order valence-electron chi connectivity index (χ0n) is 19.4. The highest BCUT2D eigenvalue weighted by Gasteiger charge is 2.17. The van der Waals surface area contributed by atoms with Crippen molar-refractivity contribution in [2.24, 2.45) is 0 Å². The van der Waals surface area contributed by atoms with E-state index in [-0.39, 0.29) is 31.6 Å². The molecule has 0 atom stereocenters. The van der Waals surface area contributed by atoms with Crippen molar-refractivity contribution in [2.45, 2.75) is 31.8 Å². The number of hydrogen-bond donors (Lipinski definition) is 2. The van der Waals surface area contributed by atoms with E-state index in [1.807, 2.05) is 42.5 Å². The first-order valence-corrected chi connectivity index (χ1v) is 11.7. The first-order valence-electron chi connectivity index (χ1n) is 11.7. The van der Waals surface area contributed by atoms with Crippen LogP contribution in [0, 0.1) is 11.3 Å². The molecule has 3 aromatic rings. The van der Waals surface area contributed by atoms with Crippen LogP contribution in [0.4, 0.5) is 0 Å². The van der Waals surface area contributed by atoms with Crippen LogP contribution in [0.25, 0.3) is 11.3 Å². The number of aliphatic hydroxyl groups is 1. The van der Waals surface area contributed by atoms with Crippen LogP contribution in [0.3, 0.4) is 0 Å². The summed E-state index contributed by atoms with van der Waals surface area (Å²) in [6.45, 7) is 1.51. The number of hydrogen-bond acceptors (Lipinski definition) is 7. The Labute approximate surface area is 204 Å². The molecule has 0 unspecified atom stereocenters. The van der Waals surface area contributed by atoms with Gasteiger partial charge in [-0.3, -0.25) is 4.79 Å². The van der Waals surface area contributed by atoms with Gasteiger partial charge < -0.3 is 19.9 Å². The Bertz CT molecular complexity index is 1200. The number of carbonyl (C=O) groups excluding carboxylic acids is 1. The van der Waals surface area contributed by atoms with E-state index in [1.54, 1.807) is 12.3 Å². The number of nitriles is 1. The number of aliphatic hydroxyl groups excluding tert-OH is 1. The molecule has 1 fully saturated rings. The molecule has 8 nitrogen and oxygen atoms in total. The minimum Gasteiger partial charge on any atom is -0.489 e. The summed E-state index contributed by atoms with van der Waals surface area (Å²) in [7, 11) is 0. The summed E-state index contributed by atoms with van der Waals surface area (Å²) in [6.07, 6.45) is 4.16.